The van der Waals surface area contributed by atoms with Gasteiger partial charge in [-0.25, -0.2) is 4.68 Å². The molecule has 0 aliphatic rings. The Morgan fingerprint density at radius 2 is 1.86 bits per heavy atom. The highest BCUT2D eigenvalue weighted by molar-refractivity contribution is 9.10. The molecule has 1 unspecified atom stereocenters. The van der Waals surface area contributed by atoms with E-state index in [1.807, 2.05) is 59.3 Å². The minimum Gasteiger partial charge on any atom is -0.319 e. The van der Waals surface area contributed by atoms with Crippen LogP contribution < -0.4 is 5.73 Å². The highest BCUT2D eigenvalue weighted by Gasteiger charge is 2.16. The molecule has 3 rings (SSSR count). The van der Waals surface area contributed by atoms with Gasteiger partial charge in [-0.1, -0.05) is 35.9 Å². The summed E-state index contributed by atoms with van der Waals surface area (Å²) < 4.78 is 2.71. The van der Waals surface area contributed by atoms with Gasteiger partial charge in [0.2, 0.25) is 0 Å². The first-order valence-electron chi connectivity index (χ1n) is 6.46. The Morgan fingerprint density at radius 3 is 2.57 bits per heavy atom. The lowest BCUT2D eigenvalue weighted by Crippen LogP contribution is -2.16. The lowest BCUT2D eigenvalue weighted by Gasteiger charge is -2.15. The van der Waals surface area contributed by atoms with E-state index in [0.29, 0.717) is 5.02 Å². The highest BCUT2D eigenvalue weighted by atomic mass is 79.9. The third kappa shape index (κ3) is 2.88. The van der Waals surface area contributed by atoms with E-state index < -0.39 is 0 Å². The van der Waals surface area contributed by atoms with Crippen molar-refractivity contribution in [2.75, 3.05) is 0 Å². The first-order valence-corrected chi connectivity index (χ1v) is 7.64. The maximum absolute atomic E-state index is 6.38. The number of hydrogen-bond donors (Lipinski definition) is 1. The van der Waals surface area contributed by atoms with E-state index in [-0.39, 0.29) is 6.04 Å². The molecule has 1 atom stereocenters. The normalized spacial score (nSPS) is 12.3. The summed E-state index contributed by atoms with van der Waals surface area (Å²) in [7, 11) is 0. The number of hydrogen-bond acceptors (Lipinski definition) is 2. The summed E-state index contributed by atoms with van der Waals surface area (Å²) in [5, 5.41) is 5.01. The molecule has 0 radical (unpaired) electrons. The van der Waals surface area contributed by atoms with Gasteiger partial charge in [0.25, 0.3) is 0 Å². The molecule has 2 aromatic carbocycles. The van der Waals surface area contributed by atoms with E-state index in [9.17, 15) is 0 Å². The molecule has 1 heterocycles. The number of rotatable bonds is 3. The quantitative estimate of drug-likeness (QED) is 0.753. The van der Waals surface area contributed by atoms with Crippen LogP contribution in [0.5, 0.6) is 0 Å². The Kier molecular flexibility index (Phi) is 4.10. The van der Waals surface area contributed by atoms with Crippen LogP contribution in [0.1, 0.15) is 17.3 Å². The molecule has 2 N–H and O–H groups in total. The van der Waals surface area contributed by atoms with Crippen LogP contribution in [0.4, 0.5) is 0 Å². The van der Waals surface area contributed by atoms with Gasteiger partial charge in [-0.2, -0.15) is 5.10 Å². The smallest absolute Gasteiger partial charge is 0.0728 e. The fourth-order valence-corrected chi connectivity index (χ4v) is 2.65. The Morgan fingerprint density at radius 1 is 1.10 bits per heavy atom. The molecule has 1 aromatic heterocycles. The minimum atomic E-state index is -0.293. The molecule has 0 fully saturated rings. The van der Waals surface area contributed by atoms with Crippen LogP contribution in [0.15, 0.2) is 65.3 Å². The van der Waals surface area contributed by atoms with Gasteiger partial charge in [-0.3, -0.25) is 0 Å². The van der Waals surface area contributed by atoms with E-state index in [0.717, 1.165) is 21.4 Å². The Bertz CT molecular complexity index is 755. The molecule has 0 amide bonds. The van der Waals surface area contributed by atoms with Crippen molar-refractivity contribution < 1.29 is 0 Å². The van der Waals surface area contributed by atoms with Crippen LogP contribution in [0, 0.1) is 0 Å². The van der Waals surface area contributed by atoms with Crippen LogP contribution in [-0.4, -0.2) is 9.78 Å². The Hall–Kier alpha value is -1.62. The lowest BCUT2D eigenvalue weighted by atomic mass is 10.0. The van der Waals surface area contributed by atoms with E-state index in [1.165, 1.54) is 0 Å². The molecular weight excluding hydrogens is 350 g/mol. The van der Waals surface area contributed by atoms with E-state index >= 15 is 0 Å². The van der Waals surface area contributed by atoms with Crippen molar-refractivity contribution in [2.24, 2.45) is 5.73 Å². The van der Waals surface area contributed by atoms with Crippen LogP contribution in [0.3, 0.4) is 0 Å². The summed E-state index contributed by atoms with van der Waals surface area (Å²) >= 11 is 9.54. The molecule has 0 saturated carbocycles. The first-order chi connectivity index (χ1) is 10.2. The molecule has 3 aromatic rings. The number of nitrogens with two attached hydrogens (primary N) is 1. The summed E-state index contributed by atoms with van der Waals surface area (Å²) in [6.07, 6.45) is 1.75. The average molecular weight is 363 g/mol. The second kappa shape index (κ2) is 6.02. The lowest BCUT2D eigenvalue weighted by molar-refractivity contribution is 0.739. The predicted molar refractivity (Wildman–Crippen MR) is 88.7 cm³/mol. The zero-order valence-electron chi connectivity index (χ0n) is 11.1. The molecular formula is C16H13BrClN3. The monoisotopic (exact) mass is 361 g/mol. The van der Waals surface area contributed by atoms with Crippen molar-refractivity contribution in [3.8, 4) is 5.69 Å². The van der Waals surface area contributed by atoms with E-state index in [4.69, 9.17) is 17.3 Å². The highest BCUT2D eigenvalue weighted by Crippen LogP contribution is 2.28. The van der Waals surface area contributed by atoms with Gasteiger partial charge >= 0.3 is 0 Å². The van der Waals surface area contributed by atoms with Crippen molar-refractivity contribution in [3.05, 3.63) is 81.5 Å². The maximum atomic E-state index is 6.38. The van der Waals surface area contributed by atoms with Crippen LogP contribution in [0.25, 0.3) is 5.69 Å². The number of aromatic nitrogens is 2. The zero-order valence-corrected chi connectivity index (χ0v) is 13.4. The minimum absolute atomic E-state index is 0.293. The van der Waals surface area contributed by atoms with E-state index in [1.54, 1.807) is 6.20 Å². The van der Waals surface area contributed by atoms with Crippen LogP contribution in [-0.2, 0) is 0 Å². The summed E-state index contributed by atoms with van der Waals surface area (Å²) in [5.74, 6) is 0. The molecule has 0 bridgehead atoms. The molecule has 106 valence electrons. The van der Waals surface area contributed by atoms with Crippen LogP contribution >= 0.6 is 27.5 Å². The first kappa shape index (κ1) is 14.3. The van der Waals surface area contributed by atoms with Gasteiger partial charge < -0.3 is 5.73 Å². The number of benzene rings is 2. The molecule has 0 aliphatic carbocycles. The molecule has 0 saturated heterocycles. The maximum Gasteiger partial charge on any atom is 0.0728 e. The number of halogens is 2. The van der Waals surface area contributed by atoms with Crippen molar-refractivity contribution in [3.63, 3.8) is 0 Å². The Labute approximate surface area is 136 Å². The molecule has 0 aliphatic heterocycles. The average Bonchev–Trinajstić information content (AvgIpc) is 2.99. The van der Waals surface area contributed by atoms with Gasteiger partial charge in [0, 0.05) is 10.7 Å². The topological polar surface area (TPSA) is 43.8 Å². The molecule has 0 spiro atoms. The number of nitrogens with zero attached hydrogens (tertiary/aromatic N) is 2. The van der Waals surface area contributed by atoms with Crippen molar-refractivity contribution in [1.82, 2.24) is 9.78 Å². The largest absolute Gasteiger partial charge is 0.319 e. The zero-order chi connectivity index (χ0) is 14.8. The van der Waals surface area contributed by atoms with Gasteiger partial charge in [-0.15, -0.1) is 0 Å². The predicted octanol–water partition coefficient (Wildman–Crippen LogP) is 4.34. The van der Waals surface area contributed by atoms with Crippen molar-refractivity contribution >= 4 is 27.5 Å². The number of para-hydroxylation sites is 1. The molecule has 3 nitrogen and oxygen atoms in total. The van der Waals surface area contributed by atoms with E-state index in [2.05, 4.69) is 21.0 Å². The second-order valence-electron chi connectivity index (χ2n) is 4.65. The Balaban J connectivity index is 2.01. The summed E-state index contributed by atoms with van der Waals surface area (Å²) in [5.41, 5.74) is 9.23. The van der Waals surface area contributed by atoms with Crippen LogP contribution in [0.2, 0.25) is 5.02 Å². The summed E-state index contributed by atoms with van der Waals surface area (Å²) in [6, 6.07) is 17.3. The van der Waals surface area contributed by atoms with Gasteiger partial charge in [0.1, 0.15) is 0 Å². The van der Waals surface area contributed by atoms with Gasteiger partial charge in [0.15, 0.2) is 0 Å². The SMILES string of the molecule is NC(c1ccc(Br)c(Cl)c1)c1ccnn1-c1ccccc1. The second-order valence-corrected chi connectivity index (χ2v) is 5.92. The third-order valence-electron chi connectivity index (χ3n) is 3.29. The van der Waals surface area contributed by atoms with Gasteiger partial charge in [-0.05, 0) is 51.8 Å². The standard InChI is InChI=1S/C16H13BrClN3/c17-13-7-6-11(10-14(13)18)16(19)15-8-9-20-21(15)12-4-2-1-3-5-12/h1-10,16H,19H2. The third-order valence-corrected chi connectivity index (χ3v) is 4.53. The van der Waals surface area contributed by atoms with Crippen molar-refractivity contribution in [2.45, 2.75) is 6.04 Å². The fraction of sp³-hybridized carbons (Fsp3) is 0.0625. The molecule has 5 heteroatoms. The summed E-state index contributed by atoms with van der Waals surface area (Å²) in [4.78, 5) is 0. The van der Waals surface area contributed by atoms with Crippen molar-refractivity contribution in [1.29, 1.82) is 0 Å². The molecule has 21 heavy (non-hydrogen) atoms. The fourth-order valence-electron chi connectivity index (χ4n) is 2.21. The van der Waals surface area contributed by atoms with Gasteiger partial charge in [0.05, 0.1) is 22.4 Å². The summed E-state index contributed by atoms with van der Waals surface area (Å²) in [6.45, 7) is 0.